The van der Waals surface area contributed by atoms with E-state index in [-0.39, 0.29) is 37.2 Å². The summed E-state index contributed by atoms with van der Waals surface area (Å²) in [6.45, 7) is 1.61. The van der Waals surface area contributed by atoms with E-state index in [1.165, 1.54) is 5.56 Å². The fourth-order valence-electron chi connectivity index (χ4n) is 1.78. The van der Waals surface area contributed by atoms with Crippen molar-refractivity contribution < 1.29 is 0 Å². The first-order valence-corrected chi connectivity index (χ1v) is 5.13. The van der Waals surface area contributed by atoms with Crippen molar-refractivity contribution in [3.63, 3.8) is 0 Å². The summed E-state index contributed by atoms with van der Waals surface area (Å²) in [6, 6.07) is 8.19. The van der Waals surface area contributed by atoms with Crippen LogP contribution in [0.2, 0.25) is 5.02 Å². The number of halogens is 4. The van der Waals surface area contributed by atoms with Crippen LogP contribution >= 0.6 is 48.8 Å². The molecule has 2 atom stereocenters. The second kappa shape index (κ2) is 9.22. The van der Waals surface area contributed by atoms with Gasteiger partial charge in [-0.05, 0) is 24.2 Å². The Kier molecular flexibility index (Phi) is 10.6. The van der Waals surface area contributed by atoms with Crippen molar-refractivity contribution in [3.05, 3.63) is 34.9 Å². The largest absolute Gasteiger partial charge is 0.330 e. The second-order valence-corrected chi connectivity index (χ2v) is 3.99. The second-order valence-electron chi connectivity index (χ2n) is 3.55. The molecule has 0 saturated carbocycles. The molecule has 0 amide bonds. The van der Waals surface area contributed by atoms with Gasteiger partial charge in [-0.2, -0.15) is 0 Å². The van der Waals surface area contributed by atoms with Gasteiger partial charge in [0, 0.05) is 17.5 Å². The van der Waals surface area contributed by atoms with Crippen LogP contribution in [0.3, 0.4) is 0 Å². The molecule has 17 heavy (non-hydrogen) atoms. The lowest BCUT2D eigenvalue weighted by Crippen LogP contribution is -2.26. The lowest BCUT2D eigenvalue weighted by Gasteiger charge is -2.16. The zero-order valence-corrected chi connectivity index (χ0v) is 12.3. The Hall–Kier alpha value is 0.260. The highest BCUT2D eigenvalue weighted by atomic mass is 35.5. The predicted molar refractivity (Wildman–Crippen MR) is 79.6 cm³/mol. The van der Waals surface area contributed by atoms with E-state index in [4.69, 9.17) is 17.3 Å². The van der Waals surface area contributed by atoms with Crippen LogP contribution in [0.1, 0.15) is 11.6 Å². The van der Waals surface area contributed by atoms with Gasteiger partial charge in [0.15, 0.2) is 0 Å². The fourth-order valence-corrected chi connectivity index (χ4v) is 1.91. The molecular weight excluding hydrogens is 304 g/mol. The number of nitrogens with two attached hydrogens (primary N) is 1. The average molecular weight is 321 g/mol. The fraction of sp³-hybridized carbons (Fsp3) is 0.400. The monoisotopic (exact) mass is 319 g/mol. The quantitative estimate of drug-likeness (QED) is 0.784. The zero-order valence-electron chi connectivity index (χ0n) is 9.06. The number of hydrogen-bond acceptors (Lipinski definition) is 3. The molecule has 0 bridgehead atoms. The van der Waals surface area contributed by atoms with E-state index < -0.39 is 0 Å². The smallest absolute Gasteiger partial charge is 0.0515 e. The number of rotatable bonds is 2. The summed E-state index contributed by atoms with van der Waals surface area (Å²) in [5.41, 5.74) is 13.3. The molecule has 0 aliphatic carbocycles. The minimum absolute atomic E-state index is 0. The Labute approximate surface area is 125 Å². The standard InChI is InChI=1S/C10H14ClN3.3ClH/c11-9-3-1-7(2-4-9)10-8(5-12)6-13-14-10;;;/h1-4,8,10,13-14H,5-6,12H2;3*1H. The zero-order chi connectivity index (χ0) is 9.97. The molecule has 2 rings (SSSR count). The van der Waals surface area contributed by atoms with Crippen molar-refractivity contribution in [2.45, 2.75) is 6.04 Å². The van der Waals surface area contributed by atoms with Crippen LogP contribution in [0.15, 0.2) is 24.3 Å². The average Bonchev–Trinajstić information content (AvgIpc) is 2.67. The third-order valence-electron chi connectivity index (χ3n) is 2.63. The lowest BCUT2D eigenvalue weighted by molar-refractivity contribution is 0.483. The van der Waals surface area contributed by atoms with Gasteiger partial charge in [-0.3, -0.25) is 5.43 Å². The van der Waals surface area contributed by atoms with Crippen molar-refractivity contribution in [2.75, 3.05) is 13.1 Å². The number of hydrazine groups is 1. The van der Waals surface area contributed by atoms with Crippen molar-refractivity contribution in [2.24, 2.45) is 11.7 Å². The van der Waals surface area contributed by atoms with Gasteiger partial charge in [0.2, 0.25) is 0 Å². The molecule has 0 aromatic heterocycles. The summed E-state index contributed by atoms with van der Waals surface area (Å²) in [5, 5.41) is 0.768. The summed E-state index contributed by atoms with van der Waals surface area (Å²) in [5.74, 6) is 0.455. The molecule has 1 aromatic carbocycles. The summed E-state index contributed by atoms with van der Waals surface area (Å²) >= 11 is 5.83. The number of benzene rings is 1. The molecule has 1 aliphatic heterocycles. The molecule has 1 saturated heterocycles. The Morgan fingerprint density at radius 1 is 1.18 bits per heavy atom. The first-order chi connectivity index (χ1) is 6.81. The van der Waals surface area contributed by atoms with Gasteiger partial charge in [0.25, 0.3) is 0 Å². The van der Waals surface area contributed by atoms with Gasteiger partial charge in [0.1, 0.15) is 0 Å². The molecular formula is C10H17Cl4N3. The molecule has 0 radical (unpaired) electrons. The topological polar surface area (TPSA) is 50.1 Å². The Morgan fingerprint density at radius 3 is 2.29 bits per heavy atom. The van der Waals surface area contributed by atoms with E-state index in [2.05, 4.69) is 10.9 Å². The van der Waals surface area contributed by atoms with E-state index >= 15 is 0 Å². The van der Waals surface area contributed by atoms with Gasteiger partial charge in [0.05, 0.1) is 6.04 Å². The highest BCUT2D eigenvalue weighted by Crippen LogP contribution is 2.24. The lowest BCUT2D eigenvalue weighted by atomic mass is 9.95. The molecule has 4 N–H and O–H groups in total. The van der Waals surface area contributed by atoms with E-state index in [0.717, 1.165) is 11.6 Å². The van der Waals surface area contributed by atoms with Crippen LogP contribution in [0.25, 0.3) is 0 Å². The Morgan fingerprint density at radius 2 is 1.76 bits per heavy atom. The molecule has 1 fully saturated rings. The van der Waals surface area contributed by atoms with E-state index in [9.17, 15) is 0 Å². The van der Waals surface area contributed by atoms with Gasteiger partial charge >= 0.3 is 0 Å². The van der Waals surface area contributed by atoms with E-state index in [1.54, 1.807) is 0 Å². The first kappa shape index (κ1) is 19.6. The molecule has 100 valence electrons. The Bertz CT molecular complexity index is 307. The molecule has 7 heteroatoms. The maximum atomic E-state index is 5.83. The Balaban J connectivity index is 0. The van der Waals surface area contributed by atoms with Crippen molar-refractivity contribution in [1.82, 2.24) is 10.9 Å². The van der Waals surface area contributed by atoms with Crippen LogP contribution in [-0.2, 0) is 0 Å². The molecule has 1 aromatic rings. The van der Waals surface area contributed by atoms with Crippen LogP contribution in [0, 0.1) is 5.92 Å². The third-order valence-corrected chi connectivity index (χ3v) is 2.88. The van der Waals surface area contributed by atoms with Crippen molar-refractivity contribution >= 4 is 48.8 Å². The SMILES string of the molecule is Cl.Cl.Cl.NCC1CNNC1c1ccc(Cl)cc1. The van der Waals surface area contributed by atoms with Crippen LogP contribution in [0.5, 0.6) is 0 Å². The minimum atomic E-state index is 0. The van der Waals surface area contributed by atoms with Gasteiger partial charge in [-0.15, -0.1) is 37.2 Å². The van der Waals surface area contributed by atoms with Gasteiger partial charge in [-0.1, -0.05) is 23.7 Å². The maximum absolute atomic E-state index is 5.83. The molecule has 2 unspecified atom stereocenters. The van der Waals surface area contributed by atoms with Crippen molar-refractivity contribution in [1.29, 1.82) is 0 Å². The summed E-state index contributed by atoms with van der Waals surface area (Å²) in [4.78, 5) is 0. The summed E-state index contributed by atoms with van der Waals surface area (Å²) in [6.07, 6.45) is 0. The normalized spacial score (nSPS) is 22.0. The number of nitrogens with one attached hydrogen (secondary N) is 2. The molecule has 1 aliphatic rings. The molecule has 3 nitrogen and oxygen atoms in total. The summed E-state index contributed by atoms with van der Waals surface area (Å²) in [7, 11) is 0. The van der Waals surface area contributed by atoms with Crippen LogP contribution < -0.4 is 16.6 Å². The highest BCUT2D eigenvalue weighted by molar-refractivity contribution is 6.30. The molecule has 1 heterocycles. The van der Waals surface area contributed by atoms with Crippen molar-refractivity contribution in [3.8, 4) is 0 Å². The van der Waals surface area contributed by atoms with Crippen LogP contribution in [-0.4, -0.2) is 13.1 Å². The first-order valence-electron chi connectivity index (χ1n) is 4.75. The molecule has 0 spiro atoms. The van der Waals surface area contributed by atoms with Crippen LogP contribution in [0.4, 0.5) is 0 Å². The maximum Gasteiger partial charge on any atom is 0.0515 e. The predicted octanol–water partition coefficient (Wildman–Crippen LogP) is 2.33. The number of hydrogen-bond donors (Lipinski definition) is 3. The third kappa shape index (κ3) is 4.79. The van der Waals surface area contributed by atoms with E-state index in [1.807, 2.05) is 24.3 Å². The van der Waals surface area contributed by atoms with Gasteiger partial charge < -0.3 is 5.73 Å². The summed E-state index contributed by atoms with van der Waals surface area (Å²) < 4.78 is 0. The van der Waals surface area contributed by atoms with E-state index in [0.29, 0.717) is 18.5 Å². The van der Waals surface area contributed by atoms with Gasteiger partial charge in [-0.25, -0.2) is 5.43 Å². The highest BCUT2D eigenvalue weighted by Gasteiger charge is 2.26. The minimum Gasteiger partial charge on any atom is -0.330 e.